The number of carbonyl (C=O) groups excluding carboxylic acids is 1. The number of guanidine groups is 1. The Labute approximate surface area is 145 Å². The Balaban J connectivity index is 1.91. The maximum absolute atomic E-state index is 12.1. The molecule has 132 valence electrons. The summed E-state index contributed by atoms with van der Waals surface area (Å²) in [7, 11) is 0. The molecular weight excluding hydrogens is 300 g/mol. The third kappa shape index (κ3) is 5.55. The lowest BCUT2D eigenvalue weighted by atomic mass is 10.1. The number of rotatable bonds is 5. The quantitative estimate of drug-likeness (QED) is 0.644. The summed E-state index contributed by atoms with van der Waals surface area (Å²) in [6.45, 7) is 6.62. The molecule has 0 bridgehead atoms. The number of hydrogen-bond donors (Lipinski definition) is 2. The molecule has 1 aromatic carbocycles. The van der Waals surface area contributed by atoms with E-state index in [0.717, 1.165) is 25.1 Å². The molecule has 5 heteroatoms. The van der Waals surface area contributed by atoms with Crippen LogP contribution in [0.1, 0.15) is 61.9 Å². The van der Waals surface area contributed by atoms with Gasteiger partial charge in [0, 0.05) is 24.7 Å². The fourth-order valence-corrected chi connectivity index (χ4v) is 2.74. The van der Waals surface area contributed by atoms with Gasteiger partial charge in [-0.05, 0) is 43.9 Å². The molecule has 0 radical (unpaired) electrons. The van der Waals surface area contributed by atoms with Gasteiger partial charge in [0.25, 0.3) is 5.91 Å². The second kappa shape index (κ2) is 9.30. The minimum Gasteiger partial charge on any atom is -0.370 e. The molecule has 1 aliphatic heterocycles. The van der Waals surface area contributed by atoms with Crippen molar-refractivity contribution < 1.29 is 4.79 Å². The average molecular weight is 330 g/mol. The summed E-state index contributed by atoms with van der Waals surface area (Å²) in [5.41, 5.74) is 7.87. The lowest BCUT2D eigenvalue weighted by molar-refractivity contribution is 0.0939. The number of nitrogens with two attached hydrogens (primary N) is 1. The van der Waals surface area contributed by atoms with Crippen LogP contribution in [0.4, 0.5) is 0 Å². The number of benzene rings is 1. The summed E-state index contributed by atoms with van der Waals surface area (Å²) < 4.78 is 0. The van der Waals surface area contributed by atoms with Crippen LogP contribution in [0.5, 0.6) is 0 Å². The lowest BCUT2D eigenvalue weighted by Gasteiger charge is -2.21. The molecule has 1 heterocycles. The van der Waals surface area contributed by atoms with Gasteiger partial charge < -0.3 is 16.0 Å². The zero-order valence-electron chi connectivity index (χ0n) is 14.9. The third-order valence-corrected chi connectivity index (χ3v) is 4.56. The molecule has 1 fully saturated rings. The molecule has 5 nitrogen and oxygen atoms in total. The summed E-state index contributed by atoms with van der Waals surface area (Å²) >= 11 is 0. The largest absolute Gasteiger partial charge is 0.370 e. The van der Waals surface area contributed by atoms with Crippen LogP contribution in [0, 0.1) is 0 Å². The molecule has 2 rings (SSSR count). The Morgan fingerprint density at radius 1 is 1.21 bits per heavy atom. The normalized spacial score (nSPS) is 17.2. The Morgan fingerprint density at radius 2 is 1.83 bits per heavy atom. The van der Waals surface area contributed by atoms with Gasteiger partial charge in [0.2, 0.25) is 0 Å². The Hall–Kier alpha value is -2.04. The van der Waals surface area contributed by atoms with Gasteiger partial charge in [-0.15, -0.1) is 0 Å². The van der Waals surface area contributed by atoms with E-state index in [9.17, 15) is 4.79 Å². The van der Waals surface area contributed by atoms with Crippen LogP contribution in [-0.4, -0.2) is 35.9 Å². The van der Waals surface area contributed by atoms with Crippen LogP contribution in [0.25, 0.3) is 0 Å². The Bertz CT molecular complexity index is 545. The summed E-state index contributed by atoms with van der Waals surface area (Å²) in [5.74, 6) is 0.610. The van der Waals surface area contributed by atoms with E-state index in [2.05, 4.69) is 22.1 Å². The van der Waals surface area contributed by atoms with Crippen molar-refractivity contribution in [2.45, 2.75) is 58.5 Å². The maximum Gasteiger partial charge on any atom is 0.251 e. The fraction of sp³-hybridized carbons (Fsp3) is 0.579. The Kier molecular flexibility index (Phi) is 7.09. The van der Waals surface area contributed by atoms with Gasteiger partial charge in [-0.1, -0.05) is 31.9 Å². The summed E-state index contributed by atoms with van der Waals surface area (Å²) in [6.07, 6.45) is 5.87. The second-order valence-electron chi connectivity index (χ2n) is 6.56. The highest BCUT2D eigenvalue weighted by Crippen LogP contribution is 2.10. The standard InChI is InChI=1S/C19H30N4O/c1-3-15(2)22-18(24)17-10-8-16(9-11-17)14-21-19(20)23-12-6-4-5-7-13-23/h8-11,15H,3-7,12-14H2,1-2H3,(H2,20,21)(H,22,24). The minimum atomic E-state index is -0.0246. The van der Waals surface area contributed by atoms with Crippen molar-refractivity contribution in [2.75, 3.05) is 13.1 Å². The predicted octanol–water partition coefficient (Wildman–Crippen LogP) is 2.91. The monoisotopic (exact) mass is 330 g/mol. The molecule has 0 saturated carbocycles. The van der Waals surface area contributed by atoms with Crippen LogP contribution >= 0.6 is 0 Å². The molecule has 0 aliphatic carbocycles. The highest BCUT2D eigenvalue weighted by molar-refractivity contribution is 5.94. The van der Waals surface area contributed by atoms with Gasteiger partial charge in [-0.2, -0.15) is 0 Å². The molecule has 0 spiro atoms. The number of nitrogens with one attached hydrogen (secondary N) is 1. The third-order valence-electron chi connectivity index (χ3n) is 4.56. The summed E-state index contributed by atoms with van der Waals surface area (Å²) in [6, 6.07) is 7.79. The Morgan fingerprint density at radius 3 is 2.42 bits per heavy atom. The van der Waals surface area contributed by atoms with Gasteiger partial charge in [0.1, 0.15) is 0 Å². The van der Waals surface area contributed by atoms with E-state index in [-0.39, 0.29) is 11.9 Å². The van der Waals surface area contributed by atoms with Crippen LogP contribution in [0.15, 0.2) is 29.3 Å². The van der Waals surface area contributed by atoms with Gasteiger partial charge in [-0.3, -0.25) is 4.79 Å². The highest BCUT2D eigenvalue weighted by atomic mass is 16.1. The predicted molar refractivity (Wildman–Crippen MR) is 99.0 cm³/mol. The molecule has 1 unspecified atom stereocenters. The second-order valence-corrected chi connectivity index (χ2v) is 6.56. The molecule has 1 amide bonds. The van der Waals surface area contributed by atoms with Gasteiger partial charge in [0.05, 0.1) is 6.54 Å². The van der Waals surface area contributed by atoms with Crippen molar-refractivity contribution in [1.29, 1.82) is 0 Å². The highest BCUT2D eigenvalue weighted by Gasteiger charge is 2.11. The number of hydrogen-bond acceptors (Lipinski definition) is 2. The number of likely N-dealkylation sites (tertiary alicyclic amines) is 1. The van der Waals surface area contributed by atoms with E-state index in [0.29, 0.717) is 18.1 Å². The summed E-state index contributed by atoms with van der Waals surface area (Å²) in [5, 5.41) is 2.97. The van der Waals surface area contributed by atoms with Crippen LogP contribution < -0.4 is 11.1 Å². The van der Waals surface area contributed by atoms with Crippen molar-refractivity contribution in [3.05, 3.63) is 35.4 Å². The van der Waals surface area contributed by atoms with Gasteiger partial charge >= 0.3 is 0 Å². The zero-order valence-corrected chi connectivity index (χ0v) is 14.9. The first kappa shape index (κ1) is 18.3. The minimum absolute atomic E-state index is 0.0246. The number of nitrogens with zero attached hydrogens (tertiary/aromatic N) is 2. The summed E-state index contributed by atoms with van der Waals surface area (Å²) in [4.78, 5) is 18.8. The van der Waals surface area contributed by atoms with E-state index >= 15 is 0 Å². The van der Waals surface area contributed by atoms with Crippen LogP contribution in [-0.2, 0) is 6.54 Å². The number of carbonyl (C=O) groups is 1. The van der Waals surface area contributed by atoms with Crippen molar-refractivity contribution in [2.24, 2.45) is 10.7 Å². The first-order valence-electron chi connectivity index (χ1n) is 9.04. The smallest absolute Gasteiger partial charge is 0.251 e. The average Bonchev–Trinajstić information content (AvgIpc) is 2.89. The maximum atomic E-state index is 12.1. The van der Waals surface area contributed by atoms with Gasteiger partial charge in [-0.25, -0.2) is 4.99 Å². The van der Waals surface area contributed by atoms with E-state index in [1.165, 1.54) is 25.7 Å². The number of amides is 1. The van der Waals surface area contributed by atoms with Crippen molar-refractivity contribution >= 4 is 11.9 Å². The van der Waals surface area contributed by atoms with E-state index in [1.54, 1.807) is 0 Å². The van der Waals surface area contributed by atoms with Crippen molar-refractivity contribution in [3.8, 4) is 0 Å². The molecule has 1 atom stereocenters. The molecule has 3 N–H and O–H groups in total. The number of aliphatic imine (C=N–C) groups is 1. The molecule has 1 aromatic rings. The van der Waals surface area contributed by atoms with E-state index in [4.69, 9.17) is 5.73 Å². The van der Waals surface area contributed by atoms with E-state index in [1.807, 2.05) is 31.2 Å². The molecule has 0 aromatic heterocycles. The van der Waals surface area contributed by atoms with Gasteiger partial charge in [0.15, 0.2) is 5.96 Å². The topological polar surface area (TPSA) is 70.7 Å². The van der Waals surface area contributed by atoms with Crippen molar-refractivity contribution in [1.82, 2.24) is 10.2 Å². The molecule has 1 aliphatic rings. The zero-order chi connectivity index (χ0) is 17.4. The molecular formula is C19H30N4O. The SMILES string of the molecule is CCC(C)NC(=O)c1ccc(CN=C(N)N2CCCCCC2)cc1. The fourth-order valence-electron chi connectivity index (χ4n) is 2.74. The van der Waals surface area contributed by atoms with Crippen molar-refractivity contribution in [3.63, 3.8) is 0 Å². The first-order chi connectivity index (χ1) is 11.6. The first-order valence-corrected chi connectivity index (χ1v) is 9.04. The molecule has 1 saturated heterocycles. The molecule has 24 heavy (non-hydrogen) atoms. The van der Waals surface area contributed by atoms with Crippen LogP contribution in [0.2, 0.25) is 0 Å². The van der Waals surface area contributed by atoms with Crippen LogP contribution in [0.3, 0.4) is 0 Å². The van der Waals surface area contributed by atoms with E-state index < -0.39 is 0 Å². The lowest BCUT2D eigenvalue weighted by Crippen LogP contribution is -2.38.